The van der Waals surface area contributed by atoms with Gasteiger partial charge in [-0.15, -0.1) is 0 Å². The minimum atomic E-state index is -0.233. The van der Waals surface area contributed by atoms with Gasteiger partial charge < -0.3 is 9.73 Å². The molecule has 0 atom stereocenters. The molecule has 4 aromatic rings. The minimum absolute atomic E-state index is 0.233. The van der Waals surface area contributed by atoms with Gasteiger partial charge in [-0.2, -0.15) is 5.10 Å². The average Bonchev–Trinajstić information content (AvgIpc) is 3.33. The fourth-order valence-corrected chi connectivity index (χ4v) is 3.48. The molecule has 1 amide bonds. The summed E-state index contributed by atoms with van der Waals surface area (Å²) in [6.07, 6.45) is 1.55. The van der Waals surface area contributed by atoms with E-state index in [2.05, 4.69) is 22.5 Å². The Balaban J connectivity index is 1.49. The van der Waals surface area contributed by atoms with E-state index in [9.17, 15) is 4.79 Å². The number of benzene rings is 2. The molecule has 0 saturated carbocycles. The first-order chi connectivity index (χ1) is 14.1. The summed E-state index contributed by atoms with van der Waals surface area (Å²) in [5.41, 5.74) is 5.93. The largest absolute Gasteiger partial charge is 0.459 e. The number of rotatable bonds is 6. The smallest absolute Gasteiger partial charge is 0.287 e. The molecule has 0 saturated heterocycles. The summed E-state index contributed by atoms with van der Waals surface area (Å²) in [7, 11) is 0. The molecule has 2 aromatic carbocycles. The van der Waals surface area contributed by atoms with Crippen LogP contribution in [-0.2, 0) is 13.1 Å². The summed E-state index contributed by atoms with van der Waals surface area (Å²) >= 11 is 0. The van der Waals surface area contributed by atoms with Crippen LogP contribution in [0.25, 0.3) is 11.1 Å². The van der Waals surface area contributed by atoms with Crippen LogP contribution in [0.5, 0.6) is 0 Å². The molecular weight excluding hydrogens is 362 g/mol. The Morgan fingerprint density at radius 3 is 2.41 bits per heavy atom. The molecule has 2 aromatic heterocycles. The molecule has 0 fully saturated rings. The highest BCUT2D eigenvalue weighted by Crippen LogP contribution is 2.25. The Kier molecular flexibility index (Phi) is 5.29. The molecule has 0 bridgehead atoms. The predicted octanol–water partition coefficient (Wildman–Crippen LogP) is 4.74. The topological polar surface area (TPSA) is 60.1 Å². The van der Waals surface area contributed by atoms with E-state index in [0.717, 1.165) is 28.1 Å². The first-order valence-corrected chi connectivity index (χ1v) is 9.61. The van der Waals surface area contributed by atoms with Gasteiger partial charge in [0.05, 0.1) is 18.5 Å². The molecule has 29 heavy (non-hydrogen) atoms. The average molecular weight is 385 g/mol. The second-order valence-electron chi connectivity index (χ2n) is 7.00. The van der Waals surface area contributed by atoms with Crippen LogP contribution in [0.15, 0.2) is 77.4 Å². The molecule has 0 aliphatic heterocycles. The van der Waals surface area contributed by atoms with Crippen molar-refractivity contribution in [3.8, 4) is 11.1 Å². The number of hydrogen-bond donors (Lipinski definition) is 1. The third-order valence-corrected chi connectivity index (χ3v) is 5.09. The summed E-state index contributed by atoms with van der Waals surface area (Å²) in [5, 5.41) is 7.64. The van der Waals surface area contributed by atoms with Crippen LogP contribution in [0.1, 0.15) is 33.1 Å². The van der Waals surface area contributed by atoms with Crippen LogP contribution in [-0.4, -0.2) is 15.7 Å². The van der Waals surface area contributed by atoms with Crippen LogP contribution < -0.4 is 5.32 Å². The predicted molar refractivity (Wildman–Crippen MR) is 113 cm³/mol. The van der Waals surface area contributed by atoms with Crippen LogP contribution in [0, 0.1) is 13.8 Å². The first kappa shape index (κ1) is 18.7. The molecule has 0 unspecified atom stereocenters. The Morgan fingerprint density at radius 1 is 1.00 bits per heavy atom. The van der Waals surface area contributed by atoms with Gasteiger partial charge in [-0.3, -0.25) is 9.48 Å². The zero-order valence-electron chi connectivity index (χ0n) is 16.6. The van der Waals surface area contributed by atoms with Gasteiger partial charge in [-0.25, -0.2) is 0 Å². The number of amides is 1. The number of carbonyl (C=O) groups excluding carboxylic acids is 1. The number of hydrogen-bond acceptors (Lipinski definition) is 3. The van der Waals surface area contributed by atoms with E-state index < -0.39 is 0 Å². The van der Waals surface area contributed by atoms with E-state index in [1.165, 1.54) is 5.56 Å². The van der Waals surface area contributed by atoms with Crippen LogP contribution in [0.2, 0.25) is 0 Å². The Labute approximate surface area is 170 Å². The number of carbonyl (C=O) groups is 1. The van der Waals surface area contributed by atoms with E-state index in [-0.39, 0.29) is 5.91 Å². The number of aromatic nitrogens is 2. The van der Waals surface area contributed by atoms with Crippen LogP contribution in [0.3, 0.4) is 0 Å². The monoisotopic (exact) mass is 385 g/mol. The molecule has 5 heteroatoms. The lowest BCUT2D eigenvalue weighted by molar-refractivity contribution is 0.0924. The summed E-state index contributed by atoms with van der Waals surface area (Å²) in [4.78, 5) is 12.8. The number of furan rings is 1. The highest BCUT2D eigenvalue weighted by Gasteiger charge is 2.18. The molecule has 4 rings (SSSR count). The third kappa shape index (κ3) is 3.99. The zero-order chi connectivity index (χ0) is 20.2. The van der Waals surface area contributed by atoms with Crippen molar-refractivity contribution in [1.82, 2.24) is 15.1 Å². The fourth-order valence-electron chi connectivity index (χ4n) is 3.48. The normalized spacial score (nSPS) is 10.8. The van der Waals surface area contributed by atoms with Crippen LogP contribution >= 0.6 is 0 Å². The standard InChI is InChI=1S/C24H23N3O2/c1-17-22(18(2)27(26-17)16-19-9-5-3-6-10-19)15-25-24(28)23-21(13-14-29-23)20-11-7-4-8-12-20/h3-14H,15-16H2,1-2H3,(H,25,28). The van der Waals surface area contributed by atoms with Crippen LogP contribution in [0.4, 0.5) is 0 Å². The minimum Gasteiger partial charge on any atom is -0.459 e. The second kappa shape index (κ2) is 8.19. The highest BCUT2D eigenvalue weighted by molar-refractivity contribution is 5.98. The maximum atomic E-state index is 12.8. The van der Waals surface area contributed by atoms with E-state index in [0.29, 0.717) is 18.8 Å². The van der Waals surface area contributed by atoms with Crippen molar-refractivity contribution in [3.63, 3.8) is 0 Å². The van der Waals surface area contributed by atoms with Crippen molar-refractivity contribution >= 4 is 5.91 Å². The number of nitrogens with zero attached hydrogens (tertiary/aromatic N) is 2. The van der Waals surface area contributed by atoms with Gasteiger partial charge in [0.1, 0.15) is 0 Å². The maximum Gasteiger partial charge on any atom is 0.287 e. The molecular formula is C24H23N3O2. The lowest BCUT2D eigenvalue weighted by Crippen LogP contribution is -2.23. The molecule has 0 aliphatic carbocycles. The third-order valence-electron chi connectivity index (χ3n) is 5.09. The quantitative estimate of drug-likeness (QED) is 0.522. The fraction of sp³-hybridized carbons (Fsp3) is 0.167. The summed E-state index contributed by atoms with van der Waals surface area (Å²) < 4.78 is 7.46. The van der Waals surface area contributed by atoms with Gasteiger partial charge >= 0.3 is 0 Å². The first-order valence-electron chi connectivity index (χ1n) is 9.61. The van der Waals surface area contributed by atoms with Crippen molar-refractivity contribution in [1.29, 1.82) is 0 Å². The SMILES string of the molecule is Cc1nn(Cc2ccccc2)c(C)c1CNC(=O)c1occc1-c1ccccc1. The maximum absolute atomic E-state index is 12.8. The van der Waals surface area contributed by atoms with Crippen molar-refractivity contribution in [2.45, 2.75) is 26.9 Å². The Morgan fingerprint density at radius 2 is 1.69 bits per heavy atom. The van der Waals surface area contributed by atoms with E-state index >= 15 is 0 Å². The summed E-state index contributed by atoms with van der Waals surface area (Å²) in [5.74, 6) is 0.0895. The number of aryl methyl sites for hydroxylation is 1. The Hall–Kier alpha value is -3.60. The molecule has 5 nitrogen and oxygen atoms in total. The van der Waals surface area contributed by atoms with Crippen molar-refractivity contribution in [2.75, 3.05) is 0 Å². The van der Waals surface area contributed by atoms with E-state index in [1.54, 1.807) is 6.26 Å². The highest BCUT2D eigenvalue weighted by atomic mass is 16.3. The van der Waals surface area contributed by atoms with Gasteiger partial charge in [0.15, 0.2) is 5.76 Å². The molecule has 0 aliphatic rings. The van der Waals surface area contributed by atoms with Gasteiger partial charge in [0, 0.05) is 23.4 Å². The molecule has 1 N–H and O–H groups in total. The van der Waals surface area contributed by atoms with Gasteiger partial charge in [-0.1, -0.05) is 60.7 Å². The zero-order valence-corrected chi connectivity index (χ0v) is 16.6. The van der Waals surface area contributed by atoms with Crippen molar-refractivity contribution in [2.24, 2.45) is 0 Å². The summed E-state index contributed by atoms with van der Waals surface area (Å²) in [6, 6.07) is 21.8. The molecule has 2 heterocycles. The molecule has 0 spiro atoms. The van der Waals surface area contributed by atoms with E-state index in [1.807, 2.05) is 73.1 Å². The van der Waals surface area contributed by atoms with Crippen molar-refractivity contribution < 1.29 is 9.21 Å². The Bertz CT molecular complexity index is 1110. The van der Waals surface area contributed by atoms with Gasteiger partial charge in [-0.05, 0) is 31.0 Å². The summed E-state index contributed by atoms with van der Waals surface area (Å²) in [6.45, 7) is 5.11. The van der Waals surface area contributed by atoms with Crippen molar-refractivity contribution in [3.05, 3.63) is 101 Å². The molecule has 0 radical (unpaired) electrons. The lowest BCUT2D eigenvalue weighted by atomic mass is 10.1. The van der Waals surface area contributed by atoms with Gasteiger partial charge in [0.25, 0.3) is 5.91 Å². The second-order valence-corrected chi connectivity index (χ2v) is 7.00. The van der Waals surface area contributed by atoms with Gasteiger partial charge in [0.2, 0.25) is 0 Å². The van der Waals surface area contributed by atoms with E-state index in [4.69, 9.17) is 4.42 Å². The molecule has 146 valence electrons. The number of nitrogens with one attached hydrogen (secondary N) is 1. The lowest BCUT2D eigenvalue weighted by Gasteiger charge is -2.08.